The third-order valence-electron chi connectivity index (χ3n) is 7.15. The molecule has 0 aromatic heterocycles. The second-order valence-corrected chi connectivity index (χ2v) is 10.0. The van der Waals surface area contributed by atoms with Crippen LogP contribution in [0, 0.1) is 0 Å². The highest BCUT2D eigenvalue weighted by atomic mass is 16.5. The molecule has 1 aliphatic heterocycles. The van der Waals surface area contributed by atoms with Gasteiger partial charge in [0.25, 0.3) is 0 Å². The first-order chi connectivity index (χ1) is 19.4. The fourth-order valence-electron chi connectivity index (χ4n) is 5.02. The molecule has 1 fully saturated rings. The van der Waals surface area contributed by atoms with Crippen LogP contribution in [0.2, 0.25) is 0 Å². The molecule has 1 aliphatic rings. The van der Waals surface area contributed by atoms with Crippen molar-refractivity contribution in [3.8, 4) is 28.4 Å². The topological polar surface area (TPSA) is 97.4 Å². The largest absolute Gasteiger partial charge is 0.493 e. The molecular formula is C31H43N3O6. The van der Waals surface area contributed by atoms with Crippen LogP contribution in [0.3, 0.4) is 0 Å². The molecule has 0 saturated carbocycles. The van der Waals surface area contributed by atoms with Crippen molar-refractivity contribution < 1.29 is 28.6 Å². The number of benzene rings is 2. The van der Waals surface area contributed by atoms with E-state index in [2.05, 4.69) is 12.2 Å². The molecule has 1 unspecified atom stereocenters. The van der Waals surface area contributed by atoms with Gasteiger partial charge in [-0.1, -0.05) is 57.4 Å². The Hall–Kier alpha value is -3.75. The number of hydrogen-bond donors (Lipinski definition) is 1. The van der Waals surface area contributed by atoms with E-state index in [1.54, 1.807) is 26.2 Å². The predicted molar refractivity (Wildman–Crippen MR) is 155 cm³/mol. The second-order valence-electron chi connectivity index (χ2n) is 10.0. The minimum Gasteiger partial charge on any atom is -0.493 e. The van der Waals surface area contributed by atoms with Gasteiger partial charge in [-0.25, -0.2) is 0 Å². The molecule has 3 rings (SSSR count). The number of hydrogen-bond acceptors (Lipinski definition) is 6. The highest BCUT2D eigenvalue weighted by Gasteiger charge is 2.39. The number of piperazine rings is 1. The molecular weight excluding hydrogens is 510 g/mol. The molecule has 1 atom stereocenters. The quantitative estimate of drug-likeness (QED) is 0.334. The molecule has 40 heavy (non-hydrogen) atoms. The lowest BCUT2D eigenvalue weighted by Gasteiger charge is -2.40. The van der Waals surface area contributed by atoms with Crippen LogP contribution in [0.25, 0.3) is 11.1 Å². The number of ether oxygens (including phenoxy) is 3. The van der Waals surface area contributed by atoms with Gasteiger partial charge in [0, 0.05) is 19.5 Å². The summed E-state index contributed by atoms with van der Waals surface area (Å²) in [7, 11) is 4.72. The van der Waals surface area contributed by atoms with Gasteiger partial charge in [0.15, 0.2) is 11.5 Å². The monoisotopic (exact) mass is 553 g/mol. The van der Waals surface area contributed by atoms with Gasteiger partial charge < -0.3 is 29.3 Å². The van der Waals surface area contributed by atoms with E-state index < -0.39 is 6.04 Å². The molecule has 0 spiro atoms. The van der Waals surface area contributed by atoms with Gasteiger partial charge in [0.2, 0.25) is 23.5 Å². The summed E-state index contributed by atoms with van der Waals surface area (Å²) in [6.07, 6.45) is 5.34. The molecule has 218 valence electrons. The average Bonchev–Trinajstić information content (AvgIpc) is 2.96. The van der Waals surface area contributed by atoms with Crippen molar-refractivity contribution in [1.29, 1.82) is 0 Å². The van der Waals surface area contributed by atoms with E-state index in [0.29, 0.717) is 36.8 Å². The van der Waals surface area contributed by atoms with Crippen LogP contribution < -0.4 is 19.5 Å². The minimum absolute atomic E-state index is 0.0708. The third kappa shape index (κ3) is 7.67. The zero-order valence-electron chi connectivity index (χ0n) is 24.5. The van der Waals surface area contributed by atoms with E-state index in [0.717, 1.165) is 48.8 Å². The summed E-state index contributed by atoms with van der Waals surface area (Å²) in [6.45, 7) is 5.03. The highest BCUT2D eigenvalue weighted by molar-refractivity contribution is 5.97. The fourth-order valence-corrected chi connectivity index (χ4v) is 5.02. The third-order valence-corrected chi connectivity index (χ3v) is 7.15. The number of carbonyl (C=O) groups is 3. The standard InChI is InChI=1S/C31H43N3O6/c1-6-8-9-10-15-32-28(35)20-33-21-29(36)34(16-7-2)25(31(33)37)17-22-11-13-23(14-12-22)24-18-26(38-3)30(40-5)27(19-24)39-4/h11-14,18-19,25H,6-10,15-17,20-21H2,1-5H3,(H,32,35). The Labute approximate surface area is 237 Å². The van der Waals surface area contributed by atoms with Crippen LogP contribution >= 0.6 is 0 Å². The Bertz CT molecular complexity index is 1130. The zero-order chi connectivity index (χ0) is 29.1. The molecule has 2 aromatic rings. The lowest BCUT2D eigenvalue weighted by Crippen LogP contribution is -2.62. The van der Waals surface area contributed by atoms with Gasteiger partial charge in [-0.2, -0.15) is 0 Å². The van der Waals surface area contributed by atoms with E-state index in [1.807, 2.05) is 43.3 Å². The second kappa shape index (κ2) is 15.1. The number of rotatable bonds is 15. The number of unbranched alkanes of at least 4 members (excludes halogenated alkanes) is 3. The van der Waals surface area contributed by atoms with Crippen LogP contribution in [0.5, 0.6) is 17.2 Å². The molecule has 3 amide bonds. The van der Waals surface area contributed by atoms with Crippen molar-refractivity contribution in [2.24, 2.45) is 0 Å². The van der Waals surface area contributed by atoms with Gasteiger partial charge >= 0.3 is 0 Å². The SMILES string of the molecule is CCCCCCNC(=O)CN1CC(=O)N(CCC)C(Cc2ccc(-c3cc(OC)c(OC)c(OC)c3)cc2)C1=O. The van der Waals surface area contributed by atoms with Crippen molar-refractivity contribution in [2.75, 3.05) is 47.5 Å². The van der Waals surface area contributed by atoms with Crippen molar-refractivity contribution in [3.05, 3.63) is 42.0 Å². The van der Waals surface area contributed by atoms with Gasteiger partial charge in [0.05, 0.1) is 21.3 Å². The molecule has 1 N–H and O–H groups in total. The summed E-state index contributed by atoms with van der Waals surface area (Å²) in [5.74, 6) is 1.10. The van der Waals surface area contributed by atoms with Crippen LogP contribution in [-0.4, -0.2) is 81.1 Å². The van der Waals surface area contributed by atoms with E-state index in [-0.39, 0.29) is 30.8 Å². The number of carbonyl (C=O) groups excluding carboxylic acids is 3. The summed E-state index contributed by atoms with van der Waals surface area (Å²) in [6, 6.07) is 11.0. The number of methoxy groups -OCH3 is 3. The maximum Gasteiger partial charge on any atom is 0.246 e. The van der Waals surface area contributed by atoms with Gasteiger partial charge in [0.1, 0.15) is 19.1 Å². The van der Waals surface area contributed by atoms with Crippen molar-refractivity contribution in [1.82, 2.24) is 15.1 Å². The first kappa shape index (κ1) is 30.8. The van der Waals surface area contributed by atoms with Gasteiger partial charge in [-0.15, -0.1) is 0 Å². The maximum atomic E-state index is 13.5. The Morgan fingerprint density at radius 3 is 2.15 bits per heavy atom. The summed E-state index contributed by atoms with van der Waals surface area (Å²) in [5.41, 5.74) is 2.76. The van der Waals surface area contributed by atoms with Crippen molar-refractivity contribution in [3.63, 3.8) is 0 Å². The molecule has 0 aliphatic carbocycles. The maximum absolute atomic E-state index is 13.5. The molecule has 9 nitrogen and oxygen atoms in total. The first-order valence-corrected chi connectivity index (χ1v) is 14.1. The average molecular weight is 554 g/mol. The van der Waals surface area contributed by atoms with Crippen LogP contribution in [-0.2, 0) is 20.8 Å². The van der Waals surface area contributed by atoms with Crippen LogP contribution in [0.4, 0.5) is 0 Å². The minimum atomic E-state index is -0.648. The molecule has 2 aromatic carbocycles. The molecule has 1 saturated heterocycles. The van der Waals surface area contributed by atoms with Crippen LogP contribution in [0.1, 0.15) is 51.5 Å². The Balaban J connectivity index is 1.74. The Kier molecular flexibility index (Phi) is 11.7. The van der Waals surface area contributed by atoms with Crippen molar-refractivity contribution >= 4 is 17.7 Å². The van der Waals surface area contributed by atoms with E-state index in [9.17, 15) is 14.4 Å². The molecule has 0 bridgehead atoms. The lowest BCUT2D eigenvalue weighted by atomic mass is 9.97. The van der Waals surface area contributed by atoms with Crippen LogP contribution in [0.15, 0.2) is 36.4 Å². The predicted octanol–water partition coefficient (Wildman–Crippen LogP) is 4.07. The summed E-state index contributed by atoms with van der Waals surface area (Å²) >= 11 is 0. The summed E-state index contributed by atoms with van der Waals surface area (Å²) in [4.78, 5) is 42.1. The first-order valence-electron chi connectivity index (χ1n) is 14.1. The Morgan fingerprint density at radius 2 is 1.57 bits per heavy atom. The van der Waals surface area contributed by atoms with Gasteiger partial charge in [-0.3, -0.25) is 14.4 Å². The lowest BCUT2D eigenvalue weighted by molar-refractivity contribution is -0.157. The summed E-state index contributed by atoms with van der Waals surface area (Å²) in [5, 5.41) is 2.89. The zero-order valence-corrected chi connectivity index (χ0v) is 24.5. The molecule has 9 heteroatoms. The summed E-state index contributed by atoms with van der Waals surface area (Å²) < 4.78 is 16.4. The smallest absolute Gasteiger partial charge is 0.246 e. The van der Waals surface area contributed by atoms with Gasteiger partial charge in [-0.05, 0) is 41.7 Å². The van der Waals surface area contributed by atoms with E-state index in [4.69, 9.17) is 14.2 Å². The number of nitrogens with one attached hydrogen (secondary N) is 1. The van der Waals surface area contributed by atoms with Crippen molar-refractivity contribution in [2.45, 2.75) is 58.4 Å². The normalized spacial score (nSPS) is 15.3. The van der Waals surface area contributed by atoms with E-state index >= 15 is 0 Å². The Morgan fingerprint density at radius 1 is 0.900 bits per heavy atom. The fraction of sp³-hybridized carbons (Fsp3) is 0.516. The number of nitrogens with zero attached hydrogens (tertiary/aromatic N) is 2. The molecule has 0 radical (unpaired) electrons. The number of amides is 3. The van der Waals surface area contributed by atoms with E-state index in [1.165, 1.54) is 4.90 Å². The highest BCUT2D eigenvalue weighted by Crippen LogP contribution is 2.41. The molecule has 1 heterocycles.